The van der Waals surface area contributed by atoms with Crippen LogP contribution in [0.3, 0.4) is 0 Å². The normalized spacial score (nSPS) is 11.4. The zero-order valence-electron chi connectivity index (χ0n) is 16.2. The third-order valence-corrected chi connectivity index (χ3v) is 4.88. The van der Waals surface area contributed by atoms with Gasteiger partial charge in [0.2, 0.25) is 0 Å². The molecule has 0 aliphatic carbocycles. The summed E-state index contributed by atoms with van der Waals surface area (Å²) in [6.07, 6.45) is 28.1. The average molecular weight is 355 g/mol. The molecule has 0 aliphatic rings. The summed E-state index contributed by atoms with van der Waals surface area (Å²) in [4.78, 5) is 10.7. The van der Waals surface area contributed by atoms with Gasteiger partial charge >= 0.3 is 0 Å². The van der Waals surface area contributed by atoms with Crippen LogP contribution in [0.25, 0.3) is 0 Å². The molecule has 0 amide bonds. The molecule has 0 saturated heterocycles. The molecule has 0 spiro atoms. The summed E-state index contributed by atoms with van der Waals surface area (Å²) >= 11 is 3.79. The van der Waals surface area contributed by atoms with Crippen LogP contribution in [0, 0.1) is 0 Å². The van der Waals surface area contributed by atoms with Crippen molar-refractivity contribution in [1.29, 1.82) is 0 Å². The van der Waals surface area contributed by atoms with Crippen LogP contribution in [0.4, 0.5) is 0 Å². The molecule has 24 heavy (non-hydrogen) atoms. The number of allylic oxidation sites excluding steroid dienone is 2. The summed E-state index contributed by atoms with van der Waals surface area (Å²) in [5.74, 6) is 0. The fraction of sp³-hybridized carbons (Fsp3) is 0.864. The quantitative estimate of drug-likeness (QED) is 0.141. The highest BCUT2D eigenvalue weighted by Gasteiger charge is 1.95. The summed E-state index contributed by atoms with van der Waals surface area (Å²) in [5, 5.41) is 0.0380. The Kier molecular flexibility index (Phi) is 20.6. The molecule has 0 aromatic heterocycles. The van der Waals surface area contributed by atoms with E-state index in [-0.39, 0.29) is 5.12 Å². The van der Waals surface area contributed by atoms with Crippen LogP contribution in [0.5, 0.6) is 0 Å². The summed E-state index contributed by atoms with van der Waals surface area (Å²) in [5.41, 5.74) is 0. The Morgan fingerprint density at radius 3 is 1.42 bits per heavy atom. The number of thiol groups is 1. The van der Waals surface area contributed by atoms with Gasteiger partial charge in [-0.15, -0.1) is 12.6 Å². The lowest BCUT2D eigenvalue weighted by Gasteiger charge is -2.01. The standard InChI is InChI=1S/C22H42OS/c1-2-3-4-5-6-7-8-9-10-11-12-13-14-15-16-17-18-19-20-21-22(23)24/h9-10H,2-8,11-21H2,1H3,(H,23,24)/b10-9-. The van der Waals surface area contributed by atoms with Crippen LogP contribution in [0.15, 0.2) is 12.2 Å². The van der Waals surface area contributed by atoms with Gasteiger partial charge in [0, 0.05) is 6.42 Å². The number of carbonyl (C=O) groups excluding carboxylic acids is 1. The van der Waals surface area contributed by atoms with Crippen LogP contribution in [-0.4, -0.2) is 5.12 Å². The molecule has 142 valence electrons. The first-order valence-corrected chi connectivity index (χ1v) is 11.1. The second-order valence-electron chi connectivity index (χ2n) is 7.14. The molecular weight excluding hydrogens is 312 g/mol. The van der Waals surface area contributed by atoms with Crippen molar-refractivity contribution in [2.24, 2.45) is 0 Å². The summed E-state index contributed by atoms with van der Waals surface area (Å²) in [7, 11) is 0. The maximum absolute atomic E-state index is 10.7. The number of hydrogen-bond donors (Lipinski definition) is 1. The maximum atomic E-state index is 10.7. The predicted octanol–water partition coefficient (Wildman–Crippen LogP) is 8.04. The number of rotatable bonds is 19. The minimum absolute atomic E-state index is 0.0380. The minimum Gasteiger partial charge on any atom is -0.288 e. The second kappa shape index (κ2) is 20.8. The number of unbranched alkanes of at least 4 members (excludes halogenated alkanes) is 15. The van der Waals surface area contributed by atoms with Gasteiger partial charge in [-0.25, -0.2) is 0 Å². The Labute approximate surface area is 157 Å². The Balaban J connectivity index is 3.06. The van der Waals surface area contributed by atoms with Gasteiger partial charge in [-0.3, -0.25) is 4.79 Å². The van der Waals surface area contributed by atoms with E-state index in [2.05, 4.69) is 31.7 Å². The highest BCUT2D eigenvalue weighted by molar-refractivity contribution is 7.96. The first-order valence-electron chi connectivity index (χ1n) is 10.6. The first kappa shape index (κ1) is 23.8. The third kappa shape index (κ3) is 21.8. The van der Waals surface area contributed by atoms with E-state index in [0.29, 0.717) is 6.42 Å². The van der Waals surface area contributed by atoms with Gasteiger partial charge in [0.05, 0.1) is 0 Å². The Morgan fingerprint density at radius 1 is 0.625 bits per heavy atom. The molecule has 0 fully saturated rings. The molecule has 0 aromatic rings. The topological polar surface area (TPSA) is 17.1 Å². The molecule has 0 aromatic carbocycles. The smallest absolute Gasteiger partial charge is 0.185 e. The van der Waals surface area contributed by atoms with Crippen molar-refractivity contribution in [3.8, 4) is 0 Å². The van der Waals surface area contributed by atoms with Gasteiger partial charge in [0.25, 0.3) is 0 Å². The average Bonchev–Trinajstić information content (AvgIpc) is 2.56. The lowest BCUT2D eigenvalue weighted by molar-refractivity contribution is -0.110. The Morgan fingerprint density at radius 2 is 1.00 bits per heavy atom. The van der Waals surface area contributed by atoms with Gasteiger partial charge in [-0.1, -0.05) is 96.1 Å². The first-order chi connectivity index (χ1) is 11.8. The molecule has 0 saturated carbocycles. The van der Waals surface area contributed by atoms with Crippen molar-refractivity contribution in [1.82, 2.24) is 0 Å². The van der Waals surface area contributed by atoms with Crippen LogP contribution in [0.1, 0.15) is 122 Å². The van der Waals surface area contributed by atoms with Gasteiger partial charge in [-0.2, -0.15) is 0 Å². The Bertz CT molecular complexity index is 286. The van der Waals surface area contributed by atoms with Gasteiger partial charge in [0.1, 0.15) is 0 Å². The van der Waals surface area contributed by atoms with E-state index in [1.165, 1.54) is 103 Å². The SMILES string of the molecule is CCCCCCCC/C=C\CCCCCCCCCCCC(=O)S. The van der Waals surface area contributed by atoms with Crippen molar-refractivity contribution < 1.29 is 4.79 Å². The molecule has 0 N–H and O–H groups in total. The molecule has 0 radical (unpaired) electrons. The largest absolute Gasteiger partial charge is 0.288 e. The molecular formula is C22H42OS. The zero-order valence-corrected chi connectivity index (χ0v) is 17.1. The summed E-state index contributed by atoms with van der Waals surface area (Å²) in [6.45, 7) is 2.28. The molecule has 0 aliphatic heterocycles. The van der Waals surface area contributed by atoms with E-state index in [1.807, 2.05) is 0 Å². The molecule has 0 atom stereocenters. The second-order valence-corrected chi connectivity index (χ2v) is 7.64. The van der Waals surface area contributed by atoms with Gasteiger partial charge < -0.3 is 0 Å². The maximum Gasteiger partial charge on any atom is 0.185 e. The minimum atomic E-state index is 0.0380. The van der Waals surface area contributed by atoms with Crippen molar-refractivity contribution >= 4 is 17.7 Å². The highest BCUT2D eigenvalue weighted by atomic mass is 32.1. The van der Waals surface area contributed by atoms with E-state index in [4.69, 9.17) is 0 Å². The van der Waals surface area contributed by atoms with E-state index >= 15 is 0 Å². The van der Waals surface area contributed by atoms with Gasteiger partial charge in [0.15, 0.2) is 5.12 Å². The summed E-state index contributed by atoms with van der Waals surface area (Å²) < 4.78 is 0. The van der Waals surface area contributed by atoms with Crippen LogP contribution < -0.4 is 0 Å². The predicted molar refractivity (Wildman–Crippen MR) is 112 cm³/mol. The van der Waals surface area contributed by atoms with E-state index < -0.39 is 0 Å². The van der Waals surface area contributed by atoms with Crippen LogP contribution >= 0.6 is 12.6 Å². The van der Waals surface area contributed by atoms with Crippen molar-refractivity contribution in [3.05, 3.63) is 12.2 Å². The van der Waals surface area contributed by atoms with E-state index in [1.54, 1.807) is 0 Å². The summed E-state index contributed by atoms with van der Waals surface area (Å²) in [6, 6.07) is 0. The van der Waals surface area contributed by atoms with Crippen LogP contribution in [-0.2, 0) is 4.79 Å². The lowest BCUT2D eigenvalue weighted by atomic mass is 10.1. The van der Waals surface area contributed by atoms with Crippen molar-refractivity contribution in [2.45, 2.75) is 122 Å². The molecule has 1 nitrogen and oxygen atoms in total. The molecule has 0 bridgehead atoms. The van der Waals surface area contributed by atoms with Gasteiger partial charge in [-0.05, 0) is 32.1 Å². The Hall–Kier alpha value is -0.240. The molecule has 0 unspecified atom stereocenters. The van der Waals surface area contributed by atoms with Crippen molar-refractivity contribution in [2.75, 3.05) is 0 Å². The monoisotopic (exact) mass is 354 g/mol. The fourth-order valence-electron chi connectivity index (χ4n) is 3.05. The van der Waals surface area contributed by atoms with E-state index in [0.717, 1.165) is 6.42 Å². The number of carbonyl (C=O) groups is 1. The molecule has 0 heterocycles. The van der Waals surface area contributed by atoms with E-state index in [9.17, 15) is 4.79 Å². The lowest BCUT2D eigenvalue weighted by Crippen LogP contribution is -1.86. The molecule has 0 rings (SSSR count). The third-order valence-electron chi connectivity index (χ3n) is 4.65. The van der Waals surface area contributed by atoms with Crippen LogP contribution in [0.2, 0.25) is 0 Å². The zero-order chi connectivity index (χ0) is 17.7. The number of hydrogen-bond acceptors (Lipinski definition) is 1. The molecule has 2 heteroatoms. The highest BCUT2D eigenvalue weighted by Crippen LogP contribution is 2.12. The fourth-order valence-corrected chi connectivity index (χ4v) is 3.21. The van der Waals surface area contributed by atoms with Crippen molar-refractivity contribution in [3.63, 3.8) is 0 Å².